The Morgan fingerprint density at radius 1 is 0.416 bits per heavy atom. The first kappa shape index (κ1) is 55.1. The summed E-state index contributed by atoms with van der Waals surface area (Å²) in [6.07, 6.45) is 1.93. The van der Waals surface area contributed by atoms with Crippen molar-refractivity contribution < 1.29 is 25.8 Å². The van der Waals surface area contributed by atoms with Crippen molar-refractivity contribution in [1.82, 2.24) is 9.55 Å². The fraction of sp³-hybridized carbons (Fsp3) is 0.296. The fourth-order valence-corrected chi connectivity index (χ4v) is 11.0. The standard InChI is InChI=1S/C71H75N4O.Pt/c1-66(2,3)52-39-53(67(4,5)6)41-55(40-52)73-47-74(65(71(14,15)50-31-23-18-24-32-50)64(73)70(12,13)49-29-21-17-22-30-49)56-42-54(68(7,8)9)43-58(45-56)76-57-35-36-60-59-33-25-26-34-61(59)75(62(60)46-57)63-44-51(37-38-72-63)69(10,11)48-27-19-16-20-28-48;/h16-44,47H,1-15H3;/q-3;. The van der Waals surface area contributed by atoms with Gasteiger partial charge in [-0.05, 0) is 85.3 Å². The molecule has 398 valence electrons. The zero-order valence-electron chi connectivity index (χ0n) is 47.8. The first-order valence-electron chi connectivity index (χ1n) is 27.0. The van der Waals surface area contributed by atoms with Crippen LogP contribution in [0.3, 0.4) is 0 Å². The summed E-state index contributed by atoms with van der Waals surface area (Å²) in [5.41, 5.74) is 13.3. The summed E-state index contributed by atoms with van der Waals surface area (Å²) >= 11 is 0. The van der Waals surface area contributed by atoms with Crippen molar-refractivity contribution in [1.29, 1.82) is 0 Å². The molecule has 0 fully saturated rings. The molecule has 0 saturated carbocycles. The van der Waals surface area contributed by atoms with E-state index in [0.717, 1.165) is 44.6 Å². The summed E-state index contributed by atoms with van der Waals surface area (Å²) in [4.78, 5) is 9.93. The van der Waals surface area contributed by atoms with Crippen LogP contribution in [0.5, 0.6) is 11.5 Å². The molecule has 0 atom stereocenters. The molecule has 77 heavy (non-hydrogen) atoms. The van der Waals surface area contributed by atoms with Gasteiger partial charge < -0.3 is 19.1 Å². The second-order valence-electron chi connectivity index (χ2n) is 25.6. The smallest absolute Gasteiger partial charge is 0.135 e. The van der Waals surface area contributed by atoms with E-state index in [9.17, 15) is 0 Å². The van der Waals surface area contributed by atoms with Crippen molar-refractivity contribution in [2.75, 3.05) is 9.80 Å². The van der Waals surface area contributed by atoms with Gasteiger partial charge in [-0.2, -0.15) is 6.07 Å². The molecule has 10 rings (SSSR count). The molecule has 6 heteroatoms. The predicted octanol–water partition coefficient (Wildman–Crippen LogP) is 18.4. The van der Waals surface area contributed by atoms with Gasteiger partial charge in [0.2, 0.25) is 0 Å². The summed E-state index contributed by atoms with van der Waals surface area (Å²) < 4.78 is 9.35. The number of rotatable bonds is 11. The zero-order valence-corrected chi connectivity index (χ0v) is 50.1. The largest absolute Gasteiger partial charge is 0.509 e. The molecule has 5 nitrogen and oxygen atoms in total. The molecule has 0 N–H and O–H groups in total. The van der Waals surface area contributed by atoms with Gasteiger partial charge in [0.25, 0.3) is 0 Å². The number of allylic oxidation sites excluding steroid dienone is 2. The van der Waals surface area contributed by atoms with E-state index in [1.54, 1.807) is 0 Å². The summed E-state index contributed by atoms with van der Waals surface area (Å²) in [5.74, 6) is 2.04. The third-order valence-electron chi connectivity index (χ3n) is 16.0. The molecule has 0 amide bonds. The number of anilines is 2. The summed E-state index contributed by atoms with van der Waals surface area (Å²) in [5, 5.41) is 2.21. The van der Waals surface area contributed by atoms with Crippen LogP contribution < -0.4 is 14.5 Å². The van der Waals surface area contributed by atoms with Crippen LogP contribution >= 0.6 is 0 Å². The number of ether oxygens (including phenoxy) is 1. The average Bonchev–Trinajstić information content (AvgIpc) is 4.22. The summed E-state index contributed by atoms with van der Waals surface area (Å²) in [6, 6.07) is 69.1. The van der Waals surface area contributed by atoms with E-state index in [2.05, 4.69) is 301 Å². The molecule has 2 aromatic heterocycles. The third kappa shape index (κ3) is 10.5. The predicted molar refractivity (Wildman–Crippen MR) is 319 cm³/mol. The van der Waals surface area contributed by atoms with Crippen LogP contribution in [-0.2, 0) is 53.6 Å². The molecule has 3 heterocycles. The maximum Gasteiger partial charge on any atom is 0.135 e. The summed E-state index contributed by atoms with van der Waals surface area (Å²) in [7, 11) is 0. The molecule has 0 spiro atoms. The number of benzene rings is 7. The van der Waals surface area contributed by atoms with Gasteiger partial charge in [-0.3, -0.25) is 0 Å². The van der Waals surface area contributed by atoms with Crippen molar-refractivity contribution in [2.45, 2.75) is 136 Å². The van der Waals surface area contributed by atoms with Crippen LogP contribution in [0.15, 0.2) is 187 Å². The van der Waals surface area contributed by atoms with Crippen LogP contribution in [0.25, 0.3) is 27.6 Å². The number of pyridine rings is 1. The first-order valence-corrected chi connectivity index (χ1v) is 27.0. The molecule has 0 radical (unpaired) electrons. The first-order chi connectivity index (χ1) is 35.8. The molecule has 1 aliphatic rings. The van der Waals surface area contributed by atoms with Crippen LogP contribution in [0.2, 0.25) is 0 Å². The summed E-state index contributed by atoms with van der Waals surface area (Å²) in [6.45, 7) is 37.1. The minimum Gasteiger partial charge on any atom is -0.509 e. The minimum absolute atomic E-state index is 0. The molecule has 0 unspecified atom stereocenters. The molecular weight excluding hydrogens is 1120 g/mol. The Bertz CT molecular complexity index is 3590. The molecule has 7 aromatic carbocycles. The minimum atomic E-state index is -0.497. The Labute approximate surface area is 474 Å². The number of hydrogen-bond acceptors (Lipinski definition) is 4. The monoisotopic (exact) mass is 1190 g/mol. The molecular formula is C71H75N4OPt-3. The van der Waals surface area contributed by atoms with E-state index in [0.29, 0.717) is 11.5 Å². The Hall–Kier alpha value is -6.68. The van der Waals surface area contributed by atoms with Crippen molar-refractivity contribution in [2.24, 2.45) is 0 Å². The van der Waals surface area contributed by atoms with Crippen LogP contribution in [-0.4, -0.2) is 9.55 Å². The normalized spacial score (nSPS) is 13.9. The van der Waals surface area contributed by atoms with Crippen molar-refractivity contribution in [3.8, 4) is 17.3 Å². The Morgan fingerprint density at radius 3 is 1.45 bits per heavy atom. The van der Waals surface area contributed by atoms with E-state index in [1.807, 2.05) is 12.3 Å². The van der Waals surface area contributed by atoms with Gasteiger partial charge in [0.1, 0.15) is 5.82 Å². The van der Waals surface area contributed by atoms with Crippen molar-refractivity contribution in [3.63, 3.8) is 0 Å². The van der Waals surface area contributed by atoms with E-state index in [1.165, 1.54) is 44.8 Å². The Morgan fingerprint density at radius 2 is 0.909 bits per heavy atom. The van der Waals surface area contributed by atoms with Crippen LogP contribution in [0.1, 0.15) is 143 Å². The van der Waals surface area contributed by atoms with E-state index >= 15 is 0 Å². The van der Waals surface area contributed by atoms with Crippen molar-refractivity contribution >= 4 is 33.2 Å². The van der Waals surface area contributed by atoms with Crippen LogP contribution in [0, 0.1) is 18.8 Å². The zero-order chi connectivity index (χ0) is 54.2. The molecule has 9 aromatic rings. The second-order valence-corrected chi connectivity index (χ2v) is 25.6. The molecule has 1 aliphatic heterocycles. The maximum absolute atomic E-state index is 7.12. The number of aromatic nitrogens is 2. The fourth-order valence-electron chi connectivity index (χ4n) is 11.0. The SMILES string of the molecule is CC(C)(C)c1cc(Oc2[c-]c3c(cc2)c2ccccc2n3-c2cc(C(C)(C)c3ccccc3)ccn2)[c-]c(N2[CH-]N(c3cc(C(C)(C)C)cc(C(C)(C)C)c3)C(C(C)(C)c3ccccc3)=C2C(C)(C)c2ccccc2)c1.[Pt]. The van der Waals surface area contributed by atoms with Gasteiger partial charge in [0.15, 0.2) is 0 Å². The van der Waals surface area contributed by atoms with Gasteiger partial charge in [0.05, 0.1) is 0 Å². The topological polar surface area (TPSA) is 33.5 Å². The Kier molecular flexibility index (Phi) is 14.5. The van der Waals surface area contributed by atoms with Gasteiger partial charge in [0, 0.05) is 77.6 Å². The number of fused-ring (bicyclic) bond motifs is 3. The quantitative estimate of drug-likeness (QED) is 0.121. The molecule has 0 aliphatic carbocycles. The third-order valence-corrected chi connectivity index (χ3v) is 16.0. The van der Waals surface area contributed by atoms with Gasteiger partial charge in [-0.25, -0.2) is 4.98 Å². The van der Waals surface area contributed by atoms with E-state index in [4.69, 9.17) is 9.72 Å². The Balaban J connectivity index is 0.00000722. The van der Waals surface area contributed by atoms with Gasteiger partial charge in [-0.15, -0.1) is 53.6 Å². The maximum atomic E-state index is 7.12. The number of para-hydroxylation sites is 1. The van der Waals surface area contributed by atoms with Gasteiger partial charge in [-0.1, -0.05) is 225 Å². The second kappa shape index (κ2) is 20.3. The molecule has 0 saturated heterocycles. The van der Waals surface area contributed by atoms with Crippen LogP contribution in [0.4, 0.5) is 11.4 Å². The average molecular weight is 1200 g/mol. The van der Waals surface area contributed by atoms with Gasteiger partial charge >= 0.3 is 0 Å². The van der Waals surface area contributed by atoms with E-state index < -0.39 is 10.8 Å². The van der Waals surface area contributed by atoms with E-state index in [-0.39, 0.29) is 42.7 Å². The number of nitrogens with zero attached hydrogens (tertiary/aromatic N) is 4. The van der Waals surface area contributed by atoms with Crippen molar-refractivity contribution in [3.05, 3.63) is 245 Å². The number of hydrogen-bond donors (Lipinski definition) is 0. The molecule has 0 bridgehead atoms.